The second kappa shape index (κ2) is 11.1. The average molecular weight is 575 g/mol. The lowest BCUT2D eigenvalue weighted by molar-refractivity contribution is -0.307. The minimum Gasteiger partial charge on any atom is -0.465 e. The van der Waals surface area contributed by atoms with E-state index in [1.807, 2.05) is 20.8 Å². The first-order chi connectivity index (χ1) is 19.1. The molecular formula is C30H38O11. The van der Waals surface area contributed by atoms with Crippen LogP contribution in [0, 0.1) is 17.3 Å². The molecule has 1 aliphatic heterocycles. The van der Waals surface area contributed by atoms with Crippen LogP contribution in [0.2, 0.25) is 0 Å². The van der Waals surface area contributed by atoms with Gasteiger partial charge in [0.1, 0.15) is 24.2 Å². The quantitative estimate of drug-likeness (QED) is 0.350. The van der Waals surface area contributed by atoms with E-state index in [9.17, 15) is 24.0 Å². The van der Waals surface area contributed by atoms with Gasteiger partial charge in [-0.1, -0.05) is 25.1 Å². The van der Waals surface area contributed by atoms with Crippen molar-refractivity contribution in [3.8, 4) is 0 Å². The maximum absolute atomic E-state index is 13.7. The Bertz CT molecular complexity index is 1210. The number of carbonyl (C=O) groups is 5. The number of hydrogen-bond donors (Lipinski definition) is 0. The molecule has 1 aromatic rings. The summed E-state index contributed by atoms with van der Waals surface area (Å²) in [4.78, 5) is 63.4. The summed E-state index contributed by atoms with van der Waals surface area (Å²) in [7, 11) is 0. The van der Waals surface area contributed by atoms with Crippen molar-refractivity contribution in [2.75, 3.05) is 6.61 Å². The second-order valence-corrected chi connectivity index (χ2v) is 11.8. The van der Waals surface area contributed by atoms with Gasteiger partial charge in [-0.05, 0) is 44.7 Å². The highest BCUT2D eigenvalue weighted by atomic mass is 16.6. The summed E-state index contributed by atoms with van der Waals surface area (Å²) in [5, 5.41) is 0. The van der Waals surface area contributed by atoms with Crippen LogP contribution in [-0.4, -0.2) is 72.1 Å². The number of fused-ring (bicyclic) bond motifs is 1. The summed E-state index contributed by atoms with van der Waals surface area (Å²) in [6.45, 7) is 10.1. The van der Waals surface area contributed by atoms with Gasteiger partial charge in [0, 0.05) is 33.6 Å². The average Bonchev–Trinajstić information content (AvgIpc) is 3.13. The lowest BCUT2D eigenvalue weighted by atomic mass is 9.48. The molecule has 11 nitrogen and oxygen atoms in total. The van der Waals surface area contributed by atoms with Gasteiger partial charge >= 0.3 is 29.8 Å². The Hall–Kier alpha value is -3.47. The van der Waals surface area contributed by atoms with Crippen molar-refractivity contribution in [2.24, 2.45) is 17.3 Å². The second-order valence-electron chi connectivity index (χ2n) is 11.8. The van der Waals surface area contributed by atoms with Crippen molar-refractivity contribution < 1.29 is 52.4 Å². The molecule has 2 bridgehead atoms. The molecule has 1 aromatic carbocycles. The van der Waals surface area contributed by atoms with E-state index in [0.717, 1.165) is 0 Å². The van der Waals surface area contributed by atoms with Gasteiger partial charge in [-0.3, -0.25) is 19.2 Å². The molecule has 0 amide bonds. The van der Waals surface area contributed by atoms with Gasteiger partial charge in [0.15, 0.2) is 12.2 Å². The molecule has 3 fully saturated rings. The molecule has 2 aliphatic carbocycles. The fourth-order valence-electron chi connectivity index (χ4n) is 7.31. The van der Waals surface area contributed by atoms with E-state index in [4.69, 9.17) is 28.4 Å². The Morgan fingerprint density at radius 1 is 0.829 bits per heavy atom. The lowest BCUT2D eigenvalue weighted by Gasteiger charge is -2.62. The van der Waals surface area contributed by atoms with Crippen LogP contribution < -0.4 is 0 Å². The Morgan fingerprint density at radius 3 is 2.00 bits per heavy atom. The summed E-state index contributed by atoms with van der Waals surface area (Å²) in [6.07, 6.45) is -4.15. The van der Waals surface area contributed by atoms with Gasteiger partial charge in [-0.2, -0.15) is 0 Å². The van der Waals surface area contributed by atoms with Crippen molar-refractivity contribution in [3.63, 3.8) is 0 Å². The SMILES string of the molecule is CC(=O)OC[C@]12[C@H](OC(=O)c3ccccc3)[C@@H](OC(C)=O)[C@H]3C[C@]1(OC3(C)C)[C@H](C)C[C@H](OC(C)=O)[C@@H]2OC(C)=O. The molecule has 1 spiro atoms. The first kappa shape index (κ1) is 30.5. The zero-order valence-electron chi connectivity index (χ0n) is 24.5. The first-order valence-electron chi connectivity index (χ1n) is 13.8. The van der Waals surface area contributed by atoms with E-state index in [1.165, 1.54) is 27.7 Å². The van der Waals surface area contributed by atoms with Crippen LogP contribution in [0.4, 0.5) is 0 Å². The fraction of sp³-hybridized carbons (Fsp3) is 0.633. The zero-order valence-corrected chi connectivity index (χ0v) is 24.5. The van der Waals surface area contributed by atoms with Crippen molar-refractivity contribution >= 4 is 29.8 Å². The van der Waals surface area contributed by atoms with Crippen molar-refractivity contribution in [1.82, 2.24) is 0 Å². The number of esters is 5. The molecule has 2 saturated carbocycles. The minimum atomic E-state index is -1.64. The van der Waals surface area contributed by atoms with Crippen LogP contribution in [-0.2, 0) is 47.6 Å². The van der Waals surface area contributed by atoms with Gasteiger partial charge in [-0.15, -0.1) is 0 Å². The molecule has 4 rings (SSSR count). The highest BCUT2D eigenvalue weighted by Crippen LogP contribution is 2.68. The number of benzene rings is 1. The van der Waals surface area contributed by atoms with Crippen LogP contribution in [0.15, 0.2) is 30.3 Å². The number of carbonyl (C=O) groups excluding carboxylic acids is 5. The number of rotatable bonds is 7. The highest BCUT2D eigenvalue weighted by molar-refractivity contribution is 5.89. The van der Waals surface area contributed by atoms with E-state index >= 15 is 0 Å². The molecule has 0 unspecified atom stereocenters. The van der Waals surface area contributed by atoms with E-state index in [0.29, 0.717) is 6.42 Å². The first-order valence-corrected chi connectivity index (χ1v) is 13.8. The Morgan fingerprint density at radius 2 is 1.44 bits per heavy atom. The molecular weight excluding hydrogens is 536 g/mol. The highest BCUT2D eigenvalue weighted by Gasteiger charge is 2.81. The minimum absolute atomic E-state index is 0.230. The van der Waals surface area contributed by atoms with Crippen molar-refractivity contribution in [2.45, 2.75) is 96.9 Å². The van der Waals surface area contributed by atoms with Crippen molar-refractivity contribution in [3.05, 3.63) is 35.9 Å². The smallest absolute Gasteiger partial charge is 0.338 e. The van der Waals surface area contributed by atoms with Gasteiger partial charge in [0.05, 0.1) is 16.8 Å². The third-order valence-electron chi connectivity index (χ3n) is 8.75. The summed E-state index contributed by atoms with van der Waals surface area (Å²) in [6, 6.07) is 8.24. The molecule has 0 radical (unpaired) electrons. The Kier molecular flexibility index (Phi) is 8.23. The summed E-state index contributed by atoms with van der Waals surface area (Å²) < 4.78 is 36.3. The normalized spacial score (nSPS) is 34.9. The summed E-state index contributed by atoms with van der Waals surface area (Å²) in [5.74, 6) is -4.13. The van der Waals surface area contributed by atoms with E-state index in [1.54, 1.807) is 30.3 Å². The monoisotopic (exact) mass is 574 g/mol. The van der Waals surface area contributed by atoms with E-state index in [2.05, 4.69) is 0 Å². The van der Waals surface area contributed by atoms with Crippen LogP contribution in [0.3, 0.4) is 0 Å². The van der Waals surface area contributed by atoms with Gasteiger partial charge in [-0.25, -0.2) is 4.79 Å². The predicted molar refractivity (Wildman–Crippen MR) is 141 cm³/mol. The molecule has 1 heterocycles. The van der Waals surface area contributed by atoms with Gasteiger partial charge in [0.25, 0.3) is 0 Å². The van der Waals surface area contributed by atoms with Crippen LogP contribution in [0.25, 0.3) is 0 Å². The molecule has 11 heteroatoms. The van der Waals surface area contributed by atoms with Gasteiger partial charge < -0.3 is 28.4 Å². The molecule has 0 aromatic heterocycles. The van der Waals surface area contributed by atoms with E-state index in [-0.39, 0.29) is 17.9 Å². The molecule has 8 atom stereocenters. The zero-order chi connectivity index (χ0) is 30.3. The molecule has 41 heavy (non-hydrogen) atoms. The van der Waals surface area contributed by atoms with Crippen LogP contribution in [0.1, 0.15) is 71.7 Å². The maximum Gasteiger partial charge on any atom is 0.338 e. The third kappa shape index (κ3) is 5.31. The third-order valence-corrected chi connectivity index (χ3v) is 8.75. The Labute approximate surface area is 239 Å². The molecule has 3 aliphatic rings. The number of hydrogen-bond acceptors (Lipinski definition) is 11. The number of ether oxygens (including phenoxy) is 6. The summed E-state index contributed by atoms with van der Waals surface area (Å²) >= 11 is 0. The topological polar surface area (TPSA) is 141 Å². The van der Waals surface area contributed by atoms with Crippen LogP contribution >= 0.6 is 0 Å². The Balaban J connectivity index is 2.02. The largest absolute Gasteiger partial charge is 0.465 e. The van der Waals surface area contributed by atoms with Crippen LogP contribution in [0.5, 0.6) is 0 Å². The lowest BCUT2D eigenvalue weighted by Crippen LogP contribution is -2.77. The standard InChI is InChI=1S/C30H38O11/c1-16-13-23(37-18(3)32)25(39-20(5)34)29(15-36-17(2)31)26(40-27(35)21-11-9-8-10-12-21)24(38-19(4)33)22-14-30(16,29)41-28(22,6)7/h8-12,16,22-26H,13-15H2,1-7H3/t16-,22-,23+,24+,25+,26-,29+,30+/m1/s1. The van der Waals surface area contributed by atoms with E-state index < -0.39 is 83.4 Å². The van der Waals surface area contributed by atoms with Gasteiger partial charge in [0.2, 0.25) is 0 Å². The maximum atomic E-state index is 13.7. The molecule has 1 saturated heterocycles. The predicted octanol–water partition coefficient (Wildman–Crippen LogP) is 3.16. The fourth-order valence-corrected chi connectivity index (χ4v) is 7.31. The molecule has 0 N–H and O–H groups in total. The molecule has 224 valence electrons. The van der Waals surface area contributed by atoms with Crippen molar-refractivity contribution in [1.29, 1.82) is 0 Å². The summed E-state index contributed by atoms with van der Waals surface area (Å²) in [5.41, 5.74) is -3.52.